The van der Waals surface area contributed by atoms with Gasteiger partial charge >= 0.3 is 12.0 Å². The third-order valence-corrected chi connectivity index (χ3v) is 2.76. The van der Waals surface area contributed by atoms with Crippen LogP contribution in [0, 0.1) is 5.82 Å². The second kappa shape index (κ2) is 7.41. The van der Waals surface area contributed by atoms with Gasteiger partial charge in [0.05, 0.1) is 5.56 Å². The fourth-order valence-corrected chi connectivity index (χ4v) is 1.69. The highest BCUT2D eigenvalue weighted by Crippen LogP contribution is 2.16. The Bertz CT molecular complexity index is 628. The van der Waals surface area contributed by atoms with E-state index in [1.807, 2.05) is 5.32 Å². The van der Waals surface area contributed by atoms with Gasteiger partial charge in [-0.15, -0.1) is 0 Å². The Kier molecular flexibility index (Phi) is 6.09. The Morgan fingerprint density at radius 2 is 1.87 bits per heavy atom. The highest BCUT2D eigenvalue weighted by atomic mass is 35.5. The molecule has 0 radical (unpaired) electrons. The van der Waals surface area contributed by atoms with Crippen LogP contribution in [0.25, 0.3) is 0 Å². The molecule has 0 fully saturated rings. The maximum Gasteiger partial charge on any atom is 0.341 e. The average molecular weight is 345 g/mol. The highest BCUT2D eigenvalue weighted by molar-refractivity contribution is 6.30. The molecule has 1 atom stereocenters. The van der Waals surface area contributed by atoms with Crippen LogP contribution in [-0.2, 0) is 9.53 Å². The van der Waals surface area contributed by atoms with Gasteiger partial charge in [-0.2, -0.15) is 0 Å². The Labute approximate surface area is 138 Å². The zero-order valence-corrected chi connectivity index (χ0v) is 14.0. The zero-order chi connectivity index (χ0) is 17.8. The molecule has 2 N–H and O–H groups in total. The van der Waals surface area contributed by atoms with Crippen molar-refractivity contribution in [3.05, 3.63) is 34.6 Å². The molecule has 1 rings (SSSR count). The maximum absolute atomic E-state index is 13.5. The Hall–Kier alpha value is -2.15. The lowest BCUT2D eigenvalue weighted by atomic mass is 10.1. The Morgan fingerprint density at radius 1 is 1.26 bits per heavy atom. The number of benzene rings is 1. The van der Waals surface area contributed by atoms with Crippen molar-refractivity contribution in [1.82, 2.24) is 10.6 Å². The van der Waals surface area contributed by atoms with E-state index in [1.54, 1.807) is 20.8 Å². The first kappa shape index (κ1) is 18.9. The van der Waals surface area contributed by atoms with Gasteiger partial charge in [-0.05, 0) is 45.9 Å². The fourth-order valence-electron chi connectivity index (χ4n) is 1.52. The summed E-state index contributed by atoms with van der Waals surface area (Å²) in [6, 6.07) is 2.66. The monoisotopic (exact) mass is 344 g/mol. The summed E-state index contributed by atoms with van der Waals surface area (Å²) >= 11 is 5.68. The number of hydrogen-bond donors (Lipinski definition) is 2. The SMILES string of the molecule is C[C@H](OC(=O)c1cc(Cl)ccc1F)C(=O)NC(=O)NC(C)(C)C. The molecule has 0 aliphatic rings. The van der Waals surface area contributed by atoms with Gasteiger partial charge in [-0.3, -0.25) is 10.1 Å². The van der Waals surface area contributed by atoms with Crippen molar-refractivity contribution in [2.24, 2.45) is 0 Å². The summed E-state index contributed by atoms with van der Waals surface area (Å²) in [4.78, 5) is 35.2. The van der Waals surface area contributed by atoms with Crippen molar-refractivity contribution in [1.29, 1.82) is 0 Å². The van der Waals surface area contributed by atoms with Crippen LogP contribution in [0.15, 0.2) is 18.2 Å². The molecular formula is C15H18ClFN2O4. The van der Waals surface area contributed by atoms with Crippen molar-refractivity contribution >= 4 is 29.5 Å². The number of carbonyl (C=O) groups excluding carboxylic acids is 3. The van der Waals surface area contributed by atoms with Gasteiger partial charge in [0.15, 0.2) is 6.10 Å². The lowest BCUT2D eigenvalue weighted by Crippen LogP contribution is -2.50. The van der Waals surface area contributed by atoms with Crippen LogP contribution in [0.4, 0.5) is 9.18 Å². The number of ether oxygens (including phenoxy) is 1. The van der Waals surface area contributed by atoms with Crippen molar-refractivity contribution in [2.45, 2.75) is 39.3 Å². The molecule has 0 saturated carbocycles. The van der Waals surface area contributed by atoms with Crippen LogP contribution in [0.3, 0.4) is 0 Å². The molecular weight excluding hydrogens is 327 g/mol. The number of imide groups is 1. The number of amides is 3. The lowest BCUT2D eigenvalue weighted by molar-refractivity contribution is -0.127. The van der Waals surface area contributed by atoms with E-state index in [4.69, 9.17) is 16.3 Å². The third-order valence-electron chi connectivity index (χ3n) is 2.53. The van der Waals surface area contributed by atoms with Crippen molar-refractivity contribution in [3.8, 4) is 0 Å². The molecule has 3 amide bonds. The Balaban J connectivity index is 2.66. The predicted octanol–water partition coefficient (Wildman–Crippen LogP) is 2.65. The van der Waals surface area contributed by atoms with Crippen LogP contribution < -0.4 is 10.6 Å². The first-order valence-corrected chi connectivity index (χ1v) is 7.16. The summed E-state index contributed by atoms with van der Waals surface area (Å²) in [5.74, 6) is -2.70. The largest absolute Gasteiger partial charge is 0.449 e. The van der Waals surface area contributed by atoms with E-state index in [9.17, 15) is 18.8 Å². The number of halogens is 2. The topological polar surface area (TPSA) is 84.5 Å². The van der Waals surface area contributed by atoms with Crippen LogP contribution in [0.1, 0.15) is 38.1 Å². The molecule has 8 heteroatoms. The summed E-state index contributed by atoms with van der Waals surface area (Å²) in [6.07, 6.45) is -1.29. The van der Waals surface area contributed by atoms with Crippen LogP contribution in [0.5, 0.6) is 0 Å². The number of rotatable bonds is 3. The van der Waals surface area contributed by atoms with Crippen LogP contribution in [0.2, 0.25) is 5.02 Å². The second-order valence-corrected chi connectivity index (χ2v) is 6.30. The summed E-state index contributed by atoms with van der Waals surface area (Å²) < 4.78 is 18.4. The van der Waals surface area contributed by atoms with Crippen molar-refractivity contribution in [3.63, 3.8) is 0 Å². The molecule has 0 unspecified atom stereocenters. The van der Waals surface area contributed by atoms with E-state index >= 15 is 0 Å². The smallest absolute Gasteiger partial charge is 0.341 e. The minimum atomic E-state index is -1.29. The van der Waals surface area contributed by atoms with Crippen molar-refractivity contribution < 1.29 is 23.5 Å². The summed E-state index contributed by atoms with van der Waals surface area (Å²) in [7, 11) is 0. The number of esters is 1. The second-order valence-electron chi connectivity index (χ2n) is 5.87. The number of urea groups is 1. The van der Waals surface area contributed by atoms with E-state index in [2.05, 4.69) is 5.32 Å². The minimum Gasteiger partial charge on any atom is -0.449 e. The normalized spacial score (nSPS) is 12.3. The fraction of sp³-hybridized carbons (Fsp3) is 0.400. The van der Waals surface area contributed by atoms with Gasteiger partial charge in [0.2, 0.25) is 0 Å². The molecule has 126 valence electrons. The molecule has 0 aliphatic heterocycles. The number of nitrogens with one attached hydrogen (secondary N) is 2. The predicted molar refractivity (Wildman–Crippen MR) is 82.7 cm³/mol. The standard InChI is InChI=1S/C15H18ClFN2O4/c1-8(12(20)18-14(22)19-15(2,3)4)23-13(21)10-7-9(16)5-6-11(10)17/h5-8H,1-4H3,(H2,18,19,20,22)/t8-/m0/s1. The Morgan fingerprint density at radius 3 is 2.43 bits per heavy atom. The van der Waals surface area contributed by atoms with Gasteiger partial charge in [-0.1, -0.05) is 11.6 Å². The molecule has 0 aromatic heterocycles. The van der Waals surface area contributed by atoms with E-state index < -0.39 is 40.9 Å². The van der Waals surface area contributed by atoms with E-state index in [0.717, 1.165) is 12.1 Å². The minimum absolute atomic E-state index is 0.153. The maximum atomic E-state index is 13.5. The first-order valence-electron chi connectivity index (χ1n) is 6.78. The summed E-state index contributed by atoms with van der Waals surface area (Å²) in [6.45, 7) is 6.48. The zero-order valence-electron chi connectivity index (χ0n) is 13.2. The van der Waals surface area contributed by atoms with Gasteiger partial charge < -0.3 is 10.1 Å². The molecule has 1 aromatic carbocycles. The first-order chi connectivity index (χ1) is 10.5. The van der Waals surface area contributed by atoms with E-state index in [1.165, 1.54) is 13.0 Å². The molecule has 23 heavy (non-hydrogen) atoms. The summed E-state index contributed by atoms with van der Waals surface area (Å²) in [5, 5.41) is 4.70. The van der Waals surface area contributed by atoms with Crippen LogP contribution in [-0.4, -0.2) is 29.6 Å². The van der Waals surface area contributed by atoms with Gasteiger partial charge in [-0.25, -0.2) is 14.0 Å². The third kappa shape index (κ3) is 6.23. The van der Waals surface area contributed by atoms with Gasteiger partial charge in [0.25, 0.3) is 5.91 Å². The summed E-state index contributed by atoms with van der Waals surface area (Å²) in [5.41, 5.74) is -0.926. The highest BCUT2D eigenvalue weighted by Gasteiger charge is 2.24. The van der Waals surface area contributed by atoms with Gasteiger partial charge in [0.1, 0.15) is 5.82 Å². The van der Waals surface area contributed by atoms with Crippen molar-refractivity contribution in [2.75, 3.05) is 0 Å². The lowest BCUT2D eigenvalue weighted by Gasteiger charge is -2.21. The van der Waals surface area contributed by atoms with E-state index in [-0.39, 0.29) is 5.02 Å². The molecule has 6 nitrogen and oxygen atoms in total. The molecule has 0 saturated heterocycles. The molecule has 0 bridgehead atoms. The molecule has 1 aromatic rings. The van der Waals surface area contributed by atoms with Crippen LogP contribution >= 0.6 is 11.6 Å². The number of hydrogen-bond acceptors (Lipinski definition) is 4. The number of carbonyl (C=O) groups is 3. The molecule has 0 aliphatic carbocycles. The molecule has 0 heterocycles. The molecule has 0 spiro atoms. The van der Waals surface area contributed by atoms with Gasteiger partial charge in [0, 0.05) is 10.6 Å². The van der Waals surface area contributed by atoms with E-state index in [0.29, 0.717) is 0 Å². The average Bonchev–Trinajstić information content (AvgIpc) is 2.38. The quantitative estimate of drug-likeness (QED) is 0.825.